The first-order valence-corrected chi connectivity index (χ1v) is 13.4. The standard InChI is InChI=1S/C27H35N3O4S/c1-4-34-26(33)10-9-24(31)30-15-14-28(17-20(30)3)25(32)18-29-13-11-23-22(12-16-35-23)27(29)21-8-6-5-7-19(21)2/h5-8,12,16,20,27H,4,9-11,13-15,17-18H2,1-3H3/t20-,27+/m1/s1. The molecule has 1 aromatic carbocycles. The van der Waals surface area contributed by atoms with Crippen molar-refractivity contribution in [1.82, 2.24) is 14.7 Å². The zero-order valence-electron chi connectivity index (χ0n) is 20.9. The second kappa shape index (κ2) is 11.4. The van der Waals surface area contributed by atoms with Gasteiger partial charge in [-0.1, -0.05) is 24.3 Å². The zero-order valence-corrected chi connectivity index (χ0v) is 21.7. The van der Waals surface area contributed by atoms with E-state index in [0.29, 0.717) is 32.8 Å². The Kier molecular flexibility index (Phi) is 8.23. The molecule has 0 N–H and O–H groups in total. The van der Waals surface area contributed by atoms with Crippen molar-refractivity contribution in [1.29, 1.82) is 0 Å². The minimum atomic E-state index is -0.346. The van der Waals surface area contributed by atoms with Gasteiger partial charge < -0.3 is 14.5 Å². The number of hydrogen-bond donors (Lipinski definition) is 0. The van der Waals surface area contributed by atoms with Crippen molar-refractivity contribution in [2.24, 2.45) is 0 Å². The van der Waals surface area contributed by atoms with E-state index in [4.69, 9.17) is 4.74 Å². The molecule has 0 spiro atoms. The van der Waals surface area contributed by atoms with E-state index in [1.54, 1.807) is 23.2 Å². The van der Waals surface area contributed by atoms with E-state index in [9.17, 15) is 14.4 Å². The number of aryl methyl sites for hydroxylation is 1. The Bertz CT molecular complexity index is 1070. The number of thiophene rings is 1. The van der Waals surface area contributed by atoms with Crippen LogP contribution in [0.15, 0.2) is 35.7 Å². The Balaban J connectivity index is 1.39. The number of esters is 1. The molecule has 0 saturated carbocycles. The van der Waals surface area contributed by atoms with Gasteiger partial charge in [-0.25, -0.2) is 0 Å². The van der Waals surface area contributed by atoms with E-state index in [-0.39, 0.29) is 42.7 Å². The molecule has 0 unspecified atom stereocenters. The lowest BCUT2D eigenvalue weighted by Gasteiger charge is -2.42. The number of piperazine rings is 1. The summed E-state index contributed by atoms with van der Waals surface area (Å²) < 4.78 is 4.93. The van der Waals surface area contributed by atoms with Gasteiger partial charge in [-0.2, -0.15) is 0 Å². The number of nitrogens with zero attached hydrogens (tertiary/aromatic N) is 3. The largest absolute Gasteiger partial charge is 0.466 e. The molecular weight excluding hydrogens is 462 g/mol. The molecule has 35 heavy (non-hydrogen) atoms. The van der Waals surface area contributed by atoms with Gasteiger partial charge in [-0.05, 0) is 55.3 Å². The lowest BCUT2D eigenvalue weighted by atomic mass is 9.90. The lowest BCUT2D eigenvalue weighted by Crippen LogP contribution is -2.57. The van der Waals surface area contributed by atoms with Gasteiger partial charge in [-0.3, -0.25) is 19.3 Å². The SMILES string of the molecule is CCOC(=O)CCC(=O)N1CCN(C(=O)CN2CCc3sccc3[C@@H]2c2ccccc2C)C[C@H]1C. The summed E-state index contributed by atoms with van der Waals surface area (Å²) in [6, 6.07) is 10.6. The van der Waals surface area contributed by atoms with Crippen LogP contribution in [-0.4, -0.2) is 77.9 Å². The average molecular weight is 498 g/mol. The lowest BCUT2D eigenvalue weighted by molar-refractivity contribution is -0.147. The molecule has 1 aromatic heterocycles. The van der Waals surface area contributed by atoms with Gasteiger partial charge in [0.15, 0.2) is 0 Å². The van der Waals surface area contributed by atoms with Gasteiger partial charge in [0.1, 0.15) is 0 Å². The van der Waals surface area contributed by atoms with Crippen molar-refractivity contribution in [2.75, 3.05) is 39.3 Å². The van der Waals surface area contributed by atoms with Crippen molar-refractivity contribution >= 4 is 29.1 Å². The highest BCUT2D eigenvalue weighted by molar-refractivity contribution is 7.10. The summed E-state index contributed by atoms with van der Waals surface area (Å²) >= 11 is 1.80. The highest BCUT2D eigenvalue weighted by atomic mass is 32.1. The van der Waals surface area contributed by atoms with Gasteiger partial charge in [0.25, 0.3) is 0 Å². The third-order valence-corrected chi connectivity index (χ3v) is 8.03. The first-order chi connectivity index (χ1) is 16.9. The van der Waals surface area contributed by atoms with E-state index in [1.165, 1.54) is 21.6 Å². The average Bonchev–Trinajstić information content (AvgIpc) is 3.32. The molecule has 7 nitrogen and oxygen atoms in total. The van der Waals surface area contributed by atoms with Gasteiger partial charge in [0, 0.05) is 43.5 Å². The molecule has 4 rings (SSSR count). The van der Waals surface area contributed by atoms with Gasteiger partial charge >= 0.3 is 5.97 Å². The quantitative estimate of drug-likeness (QED) is 0.549. The van der Waals surface area contributed by atoms with E-state index < -0.39 is 0 Å². The highest BCUT2D eigenvalue weighted by Crippen LogP contribution is 2.38. The maximum absolute atomic E-state index is 13.4. The first kappa shape index (κ1) is 25.4. The molecule has 2 aromatic rings. The number of carbonyl (C=O) groups excluding carboxylic acids is 3. The fourth-order valence-electron chi connectivity index (χ4n) is 5.21. The molecule has 0 bridgehead atoms. The Morgan fingerprint density at radius 3 is 2.57 bits per heavy atom. The second-order valence-corrected chi connectivity index (χ2v) is 10.4. The van der Waals surface area contributed by atoms with Crippen molar-refractivity contribution < 1.29 is 19.1 Å². The predicted molar refractivity (Wildman–Crippen MR) is 136 cm³/mol. The van der Waals surface area contributed by atoms with Gasteiger partial charge in [-0.15, -0.1) is 11.3 Å². The van der Waals surface area contributed by atoms with Crippen LogP contribution in [0.1, 0.15) is 54.3 Å². The summed E-state index contributed by atoms with van der Waals surface area (Å²) in [5, 5.41) is 2.15. The number of ether oxygens (including phenoxy) is 1. The van der Waals surface area contributed by atoms with Crippen molar-refractivity contribution in [3.63, 3.8) is 0 Å². The van der Waals surface area contributed by atoms with E-state index in [1.807, 2.05) is 11.8 Å². The Morgan fingerprint density at radius 1 is 1.03 bits per heavy atom. The maximum Gasteiger partial charge on any atom is 0.306 e. The molecule has 2 atom stereocenters. The highest BCUT2D eigenvalue weighted by Gasteiger charge is 2.35. The van der Waals surface area contributed by atoms with E-state index in [2.05, 4.69) is 47.5 Å². The number of fused-ring (bicyclic) bond motifs is 1. The number of amides is 2. The van der Waals surface area contributed by atoms with Crippen LogP contribution in [0.4, 0.5) is 0 Å². The monoisotopic (exact) mass is 497 g/mol. The zero-order chi connectivity index (χ0) is 24.9. The van der Waals surface area contributed by atoms with Crippen LogP contribution < -0.4 is 0 Å². The van der Waals surface area contributed by atoms with Gasteiger partial charge in [0.05, 0.1) is 25.6 Å². The van der Waals surface area contributed by atoms with Crippen molar-refractivity contribution in [3.05, 3.63) is 57.3 Å². The number of carbonyl (C=O) groups is 3. The smallest absolute Gasteiger partial charge is 0.306 e. The molecule has 2 aliphatic heterocycles. The molecule has 1 fully saturated rings. The summed E-state index contributed by atoms with van der Waals surface area (Å²) in [4.78, 5) is 45.0. The van der Waals surface area contributed by atoms with Crippen LogP contribution in [0.3, 0.4) is 0 Å². The number of benzene rings is 1. The van der Waals surface area contributed by atoms with Crippen molar-refractivity contribution in [3.8, 4) is 0 Å². The minimum absolute atomic E-state index is 0.0571. The maximum atomic E-state index is 13.4. The summed E-state index contributed by atoms with van der Waals surface area (Å²) in [5.41, 5.74) is 3.80. The van der Waals surface area contributed by atoms with Crippen LogP contribution in [0, 0.1) is 6.92 Å². The molecule has 2 amide bonds. The van der Waals surface area contributed by atoms with Crippen LogP contribution in [0.5, 0.6) is 0 Å². The Labute approximate surface area is 211 Å². The van der Waals surface area contributed by atoms with Crippen LogP contribution >= 0.6 is 11.3 Å². The molecule has 2 aliphatic rings. The van der Waals surface area contributed by atoms with E-state index >= 15 is 0 Å². The Hall–Kier alpha value is -2.71. The van der Waals surface area contributed by atoms with Crippen LogP contribution in [0.2, 0.25) is 0 Å². The van der Waals surface area contributed by atoms with Crippen LogP contribution in [0.25, 0.3) is 0 Å². The second-order valence-electron chi connectivity index (χ2n) is 9.36. The molecular formula is C27H35N3O4S. The molecule has 1 saturated heterocycles. The third-order valence-electron chi connectivity index (χ3n) is 7.04. The predicted octanol–water partition coefficient (Wildman–Crippen LogP) is 3.41. The summed E-state index contributed by atoms with van der Waals surface area (Å²) in [6.07, 6.45) is 1.20. The molecule has 188 valence electrons. The minimum Gasteiger partial charge on any atom is -0.466 e. The molecule has 8 heteroatoms. The number of rotatable bonds is 7. The fraction of sp³-hybridized carbons (Fsp3) is 0.519. The normalized spacial score (nSPS) is 20.4. The van der Waals surface area contributed by atoms with Crippen molar-refractivity contribution in [2.45, 2.75) is 52.1 Å². The third kappa shape index (κ3) is 5.76. The van der Waals surface area contributed by atoms with Gasteiger partial charge in [0.2, 0.25) is 11.8 Å². The molecule has 3 heterocycles. The van der Waals surface area contributed by atoms with Crippen LogP contribution in [-0.2, 0) is 25.5 Å². The molecule has 0 radical (unpaired) electrons. The van der Waals surface area contributed by atoms with E-state index in [0.717, 1.165) is 13.0 Å². The summed E-state index contributed by atoms with van der Waals surface area (Å²) in [6.45, 7) is 8.90. The Morgan fingerprint density at radius 2 is 1.83 bits per heavy atom. The summed E-state index contributed by atoms with van der Waals surface area (Å²) in [7, 11) is 0. The summed E-state index contributed by atoms with van der Waals surface area (Å²) in [5.74, 6) is -0.299. The topological polar surface area (TPSA) is 70.2 Å². The first-order valence-electron chi connectivity index (χ1n) is 12.5. The molecule has 0 aliphatic carbocycles. The fourth-order valence-corrected chi connectivity index (χ4v) is 6.11. The number of hydrogen-bond acceptors (Lipinski definition) is 6.